The summed E-state index contributed by atoms with van der Waals surface area (Å²) in [6, 6.07) is 9.49. The van der Waals surface area contributed by atoms with Gasteiger partial charge >= 0.3 is 5.97 Å². The number of hydrogen-bond acceptors (Lipinski definition) is 3. The van der Waals surface area contributed by atoms with E-state index in [1.807, 2.05) is 30.3 Å². The van der Waals surface area contributed by atoms with Crippen molar-refractivity contribution in [1.29, 1.82) is 0 Å². The van der Waals surface area contributed by atoms with Crippen LogP contribution in [0.15, 0.2) is 47.5 Å². The van der Waals surface area contributed by atoms with Crippen LogP contribution in [0, 0.1) is 0 Å². The Labute approximate surface area is 103 Å². The molecule has 0 spiro atoms. The molecule has 5 heteroatoms. The molecular formula is C13H12N2O3. The Morgan fingerprint density at radius 3 is 2.50 bits per heavy atom. The number of rotatable bonds is 3. The maximum Gasteiger partial charge on any atom is 0.341 e. The highest BCUT2D eigenvalue weighted by molar-refractivity contribution is 5.88. The van der Waals surface area contributed by atoms with Crippen LogP contribution < -0.4 is 11.2 Å². The van der Waals surface area contributed by atoms with E-state index in [4.69, 9.17) is 10.8 Å². The number of carboxylic acid groups (broad SMARTS) is 1. The van der Waals surface area contributed by atoms with Gasteiger partial charge in [0.15, 0.2) is 0 Å². The van der Waals surface area contributed by atoms with Crippen LogP contribution in [-0.4, -0.2) is 15.6 Å². The predicted molar refractivity (Wildman–Crippen MR) is 67.6 cm³/mol. The number of hydrogen-bond donors (Lipinski definition) is 2. The van der Waals surface area contributed by atoms with E-state index >= 15 is 0 Å². The van der Waals surface area contributed by atoms with Crippen molar-refractivity contribution in [3.8, 4) is 0 Å². The molecule has 1 aromatic heterocycles. The number of pyridine rings is 1. The van der Waals surface area contributed by atoms with E-state index in [-0.39, 0.29) is 11.3 Å². The molecule has 92 valence electrons. The van der Waals surface area contributed by atoms with Crippen LogP contribution in [0.25, 0.3) is 0 Å². The van der Waals surface area contributed by atoms with Gasteiger partial charge in [0.1, 0.15) is 5.56 Å². The van der Waals surface area contributed by atoms with E-state index in [2.05, 4.69) is 0 Å². The molecule has 0 saturated carbocycles. The average Bonchev–Trinajstić information content (AvgIpc) is 2.34. The van der Waals surface area contributed by atoms with Crippen LogP contribution in [0.4, 0.5) is 5.69 Å². The molecule has 2 aromatic rings. The molecule has 2 rings (SSSR count). The molecule has 0 aliphatic rings. The maximum atomic E-state index is 11.5. The lowest BCUT2D eigenvalue weighted by Crippen LogP contribution is -2.21. The van der Waals surface area contributed by atoms with Gasteiger partial charge in [-0.1, -0.05) is 30.3 Å². The molecule has 1 aromatic carbocycles. The third kappa shape index (κ3) is 2.40. The summed E-state index contributed by atoms with van der Waals surface area (Å²) < 4.78 is 1.59. The topological polar surface area (TPSA) is 85.3 Å². The Balaban J connectivity index is 2.41. The lowest BCUT2D eigenvalue weighted by molar-refractivity contribution is 0.0694. The number of carboxylic acids is 1. The van der Waals surface area contributed by atoms with Crippen molar-refractivity contribution >= 4 is 11.7 Å². The molecule has 0 unspecified atom stereocenters. The number of aromatic nitrogens is 1. The number of nitrogen functional groups attached to an aromatic ring is 1. The van der Waals surface area contributed by atoms with Crippen molar-refractivity contribution in [1.82, 2.24) is 4.57 Å². The number of aromatic carboxylic acids is 1. The summed E-state index contributed by atoms with van der Waals surface area (Å²) in [5.41, 5.74) is 5.49. The fraction of sp³-hybridized carbons (Fsp3) is 0.0769. The highest BCUT2D eigenvalue weighted by Crippen LogP contribution is 2.05. The average molecular weight is 244 g/mol. The molecule has 0 atom stereocenters. The van der Waals surface area contributed by atoms with E-state index < -0.39 is 11.4 Å². The summed E-state index contributed by atoms with van der Waals surface area (Å²) in [6.45, 7) is 0.464. The molecular weight excluding hydrogens is 232 g/mol. The number of anilines is 1. The molecule has 3 N–H and O–H groups in total. The van der Waals surface area contributed by atoms with Crippen molar-refractivity contribution in [2.75, 3.05) is 5.73 Å². The molecule has 0 bridgehead atoms. The Hall–Kier alpha value is -2.56. The van der Waals surface area contributed by atoms with Crippen molar-refractivity contribution < 1.29 is 9.90 Å². The first-order valence-corrected chi connectivity index (χ1v) is 5.34. The zero-order chi connectivity index (χ0) is 13.1. The van der Waals surface area contributed by atoms with E-state index in [1.54, 1.807) is 4.57 Å². The van der Waals surface area contributed by atoms with Crippen LogP contribution in [0.3, 0.4) is 0 Å². The lowest BCUT2D eigenvalue weighted by atomic mass is 10.2. The normalized spacial score (nSPS) is 10.2. The first-order valence-electron chi connectivity index (χ1n) is 5.34. The van der Waals surface area contributed by atoms with Gasteiger partial charge in [0.2, 0.25) is 5.43 Å². The number of nitrogens with zero attached hydrogens (tertiary/aromatic N) is 1. The molecule has 0 saturated heterocycles. The van der Waals surface area contributed by atoms with Gasteiger partial charge in [0, 0.05) is 18.9 Å². The SMILES string of the molecule is Nc1cn(Cc2ccccc2)cc(C(=O)O)c1=O. The Morgan fingerprint density at radius 2 is 1.89 bits per heavy atom. The Kier molecular flexibility index (Phi) is 3.14. The maximum absolute atomic E-state index is 11.5. The second-order valence-electron chi connectivity index (χ2n) is 3.92. The van der Waals surface area contributed by atoms with E-state index in [1.165, 1.54) is 12.4 Å². The van der Waals surface area contributed by atoms with E-state index in [0.717, 1.165) is 5.56 Å². The molecule has 0 fully saturated rings. The van der Waals surface area contributed by atoms with Crippen molar-refractivity contribution in [2.45, 2.75) is 6.54 Å². The Bertz CT molecular complexity index is 632. The summed E-state index contributed by atoms with van der Waals surface area (Å²) in [5.74, 6) is -1.27. The van der Waals surface area contributed by atoms with Gasteiger partial charge in [-0.2, -0.15) is 0 Å². The van der Waals surface area contributed by atoms with Crippen LogP contribution in [0.1, 0.15) is 15.9 Å². The zero-order valence-corrected chi connectivity index (χ0v) is 9.54. The molecule has 1 heterocycles. The first kappa shape index (κ1) is 11.9. The van der Waals surface area contributed by atoms with Crippen LogP contribution in [0.5, 0.6) is 0 Å². The van der Waals surface area contributed by atoms with Crippen LogP contribution in [0.2, 0.25) is 0 Å². The minimum atomic E-state index is -1.27. The van der Waals surface area contributed by atoms with Gasteiger partial charge < -0.3 is 15.4 Å². The van der Waals surface area contributed by atoms with Gasteiger partial charge in [0.25, 0.3) is 0 Å². The van der Waals surface area contributed by atoms with Gasteiger partial charge in [-0.25, -0.2) is 4.79 Å². The first-order chi connectivity index (χ1) is 8.58. The standard InChI is InChI=1S/C13H12N2O3/c14-11-8-15(6-9-4-2-1-3-5-9)7-10(12(11)16)13(17)18/h1-5,7-8H,6,14H2,(H,17,18). The van der Waals surface area contributed by atoms with Gasteiger partial charge in [0.05, 0.1) is 5.69 Å². The number of carbonyl (C=O) groups is 1. The molecule has 0 aliphatic heterocycles. The second kappa shape index (κ2) is 4.75. The summed E-state index contributed by atoms with van der Waals surface area (Å²) in [6.07, 6.45) is 2.75. The predicted octanol–water partition coefficient (Wildman–Crippen LogP) is 1.18. The number of nitrogens with two attached hydrogens (primary N) is 1. The minimum Gasteiger partial charge on any atom is -0.477 e. The summed E-state index contributed by atoms with van der Waals surface area (Å²) >= 11 is 0. The van der Waals surface area contributed by atoms with Crippen LogP contribution in [-0.2, 0) is 6.54 Å². The largest absolute Gasteiger partial charge is 0.477 e. The van der Waals surface area contributed by atoms with Gasteiger partial charge in [-0.3, -0.25) is 4.79 Å². The van der Waals surface area contributed by atoms with Gasteiger partial charge in [-0.15, -0.1) is 0 Å². The minimum absolute atomic E-state index is 0.0640. The molecule has 0 aliphatic carbocycles. The third-order valence-corrected chi connectivity index (χ3v) is 2.55. The highest BCUT2D eigenvalue weighted by Gasteiger charge is 2.11. The van der Waals surface area contributed by atoms with E-state index in [0.29, 0.717) is 6.54 Å². The fourth-order valence-corrected chi connectivity index (χ4v) is 1.69. The third-order valence-electron chi connectivity index (χ3n) is 2.55. The summed E-state index contributed by atoms with van der Waals surface area (Å²) in [7, 11) is 0. The van der Waals surface area contributed by atoms with Gasteiger partial charge in [-0.05, 0) is 5.56 Å². The summed E-state index contributed by atoms with van der Waals surface area (Å²) in [5, 5.41) is 8.91. The zero-order valence-electron chi connectivity index (χ0n) is 9.54. The van der Waals surface area contributed by atoms with E-state index in [9.17, 15) is 9.59 Å². The van der Waals surface area contributed by atoms with Crippen molar-refractivity contribution in [3.63, 3.8) is 0 Å². The van der Waals surface area contributed by atoms with Crippen LogP contribution >= 0.6 is 0 Å². The summed E-state index contributed by atoms with van der Waals surface area (Å²) in [4.78, 5) is 22.4. The highest BCUT2D eigenvalue weighted by atomic mass is 16.4. The fourth-order valence-electron chi connectivity index (χ4n) is 1.69. The molecule has 0 amide bonds. The molecule has 0 radical (unpaired) electrons. The quantitative estimate of drug-likeness (QED) is 0.848. The Morgan fingerprint density at radius 1 is 1.22 bits per heavy atom. The second-order valence-corrected chi connectivity index (χ2v) is 3.92. The monoisotopic (exact) mass is 244 g/mol. The van der Waals surface area contributed by atoms with Crippen molar-refractivity contribution in [3.05, 3.63) is 64.1 Å². The smallest absolute Gasteiger partial charge is 0.341 e. The lowest BCUT2D eigenvalue weighted by Gasteiger charge is -2.08. The van der Waals surface area contributed by atoms with Crippen molar-refractivity contribution in [2.24, 2.45) is 0 Å². The molecule has 5 nitrogen and oxygen atoms in total. The number of benzene rings is 1. The molecule has 18 heavy (non-hydrogen) atoms.